The van der Waals surface area contributed by atoms with Crippen LogP contribution < -0.4 is 0 Å². The van der Waals surface area contributed by atoms with Gasteiger partial charge < -0.3 is 14.0 Å². The molecule has 0 heterocycles. The number of ether oxygens (including phenoxy) is 1. The van der Waals surface area contributed by atoms with Crippen molar-refractivity contribution in [3.8, 4) is 0 Å². The fourth-order valence-electron chi connectivity index (χ4n) is 0.349. The molecule has 0 unspecified atom stereocenters. The number of hydrogen-bond donors (Lipinski definition) is 0. The Hall–Kier alpha value is -0.943. The fourth-order valence-corrected chi connectivity index (χ4v) is 0.827. The number of rotatable bonds is 5. The summed E-state index contributed by atoms with van der Waals surface area (Å²) >= 11 is 0. The first-order chi connectivity index (χ1) is 6.72. The Bertz CT molecular complexity index is 170. The molecule has 0 saturated heterocycles. The molecule has 0 aliphatic carbocycles. The summed E-state index contributed by atoms with van der Waals surface area (Å²) in [6.07, 6.45) is 0.366. The predicted molar refractivity (Wildman–Crippen MR) is 65.5 cm³/mol. The summed E-state index contributed by atoms with van der Waals surface area (Å²) in [6, 6.07) is 0. The van der Waals surface area contributed by atoms with Crippen molar-refractivity contribution >= 4 is 15.7 Å². The average Bonchev–Trinajstić information content (AvgIpc) is 2.19. The Labute approximate surface area is 101 Å². The molecule has 98 valence electrons. The molecule has 0 aliphatic heterocycles. The van der Waals surface area contributed by atoms with Crippen molar-refractivity contribution in [2.75, 3.05) is 34.1 Å². The highest BCUT2D eigenvalue weighted by molar-refractivity contribution is 6.27. The van der Waals surface area contributed by atoms with E-state index >= 15 is 0 Å². The summed E-state index contributed by atoms with van der Waals surface area (Å²) in [5.41, 5.74) is 0. The van der Waals surface area contributed by atoms with E-state index in [0.717, 1.165) is 0 Å². The van der Waals surface area contributed by atoms with Crippen LogP contribution in [0.5, 0.6) is 0 Å². The van der Waals surface area contributed by atoms with Gasteiger partial charge in [0.1, 0.15) is 6.23 Å². The van der Waals surface area contributed by atoms with Gasteiger partial charge in [0.25, 0.3) is 0 Å². The number of carbonyl (C=O) groups excluding carboxylic acids is 1. The molecule has 0 saturated carbocycles. The van der Waals surface area contributed by atoms with Crippen molar-refractivity contribution in [2.45, 2.75) is 14.9 Å². The molecule has 0 rings (SSSR count). The maximum Gasteiger partial charge on any atom is 0.386 e. The maximum atomic E-state index is 10.4. The Balaban J connectivity index is -0.000000105. The second-order valence-corrected chi connectivity index (χ2v) is 3.26. The lowest BCUT2D eigenvalue weighted by atomic mass is 10.7. The maximum absolute atomic E-state index is 10.4. The molecule has 0 aliphatic rings. The molecule has 0 fully saturated rings. The lowest BCUT2D eigenvalue weighted by Crippen LogP contribution is -2.13. The number of hydrogen-bond acceptors (Lipinski definition) is 5. The van der Waals surface area contributed by atoms with Crippen molar-refractivity contribution in [3.63, 3.8) is 0 Å². The monoisotopic (exact) mass is 253 g/mol. The van der Waals surface area contributed by atoms with Gasteiger partial charge in [-0.2, -0.15) is 0 Å². The summed E-state index contributed by atoms with van der Waals surface area (Å²) in [6.45, 7) is 6.14. The second kappa shape index (κ2) is 23.7. The molecule has 6 nitrogen and oxygen atoms in total. The first-order valence-electron chi connectivity index (χ1n) is 3.77. The molecule has 0 radical (unpaired) electrons. The quantitative estimate of drug-likeness (QED) is 0.179. The molecule has 0 spiro atoms. The van der Waals surface area contributed by atoms with E-state index in [0.29, 0.717) is 6.23 Å². The van der Waals surface area contributed by atoms with Crippen molar-refractivity contribution in [3.05, 3.63) is 11.4 Å². The van der Waals surface area contributed by atoms with E-state index in [2.05, 4.69) is 19.4 Å². The molecule has 0 aromatic heterocycles. The van der Waals surface area contributed by atoms with Crippen LogP contribution in [0, 0.1) is 6.57 Å². The van der Waals surface area contributed by atoms with E-state index < -0.39 is 15.7 Å². The minimum atomic E-state index is -0.684. The minimum absolute atomic E-state index is 0. The van der Waals surface area contributed by atoms with E-state index in [1.165, 1.54) is 14.2 Å². The fraction of sp³-hybridized carbons (Fsp3) is 0.778. The van der Waals surface area contributed by atoms with Crippen molar-refractivity contribution in [1.29, 1.82) is 0 Å². The standard InChI is InChI=1S/C5H9NO3Si.C2H6O2.2CH4/c1-6-3-5(7)9-4-10-8-2;1-3-4-2;;/h3-4,10H2,2H3;1-2H3;2*1H4. The third-order valence-corrected chi connectivity index (χ3v) is 1.70. The molecule has 16 heavy (non-hydrogen) atoms. The Morgan fingerprint density at radius 3 is 2.06 bits per heavy atom. The van der Waals surface area contributed by atoms with Crippen LogP contribution in [0.25, 0.3) is 4.85 Å². The van der Waals surface area contributed by atoms with Crippen LogP contribution >= 0.6 is 0 Å². The Morgan fingerprint density at radius 2 is 1.75 bits per heavy atom. The van der Waals surface area contributed by atoms with E-state index in [-0.39, 0.29) is 21.4 Å². The van der Waals surface area contributed by atoms with E-state index in [1.807, 2.05) is 0 Å². The summed E-state index contributed by atoms with van der Waals surface area (Å²) < 4.78 is 9.36. The average molecular weight is 253 g/mol. The van der Waals surface area contributed by atoms with Crippen LogP contribution in [-0.4, -0.2) is 49.8 Å². The van der Waals surface area contributed by atoms with Gasteiger partial charge in [-0.25, -0.2) is 21.1 Å². The first kappa shape index (κ1) is 24.3. The van der Waals surface area contributed by atoms with E-state index in [1.54, 1.807) is 7.11 Å². The van der Waals surface area contributed by atoms with Crippen molar-refractivity contribution in [1.82, 2.24) is 0 Å². The van der Waals surface area contributed by atoms with Crippen LogP contribution in [0.2, 0.25) is 0 Å². The van der Waals surface area contributed by atoms with Gasteiger partial charge in [0, 0.05) is 7.11 Å². The first-order valence-corrected chi connectivity index (χ1v) is 5.35. The van der Waals surface area contributed by atoms with Gasteiger partial charge in [-0.1, -0.05) is 14.9 Å². The predicted octanol–water partition coefficient (Wildman–Crippen LogP) is 0.603. The molecule has 0 atom stereocenters. The van der Waals surface area contributed by atoms with Crippen molar-refractivity contribution < 1.29 is 23.7 Å². The number of nitrogens with zero attached hydrogens (tertiary/aromatic N) is 1. The highest BCUT2D eigenvalue weighted by Crippen LogP contribution is 1.78. The zero-order valence-electron chi connectivity index (χ0n) is 8.61. The van der Waals surface area contributed by atoms with Crippen LogP contribution in [-0.2, 0) is 23.7 Å². The van der Waals surface area contributed by atoms with E-state index in [9.17, 15) is 4.79 Å². The van der Waals surface area contributed by atoms with Crippen LogP contribution in [0.15, 0.2) is 0 Å². The minimum Gasteiger partial charge on any atom is -0.462 e. The smallest absolute Gasteiger partial charge is 0.386 e. The summed E-state index contributed by atoms with van der Waals surface area (Å²) in [5, 5.41) is 0. The molecule has 0 aromatic rings. The zero-order chi connectivity index (χ0) is 11.2. The Morgan fingerprint density at radius 1 is 1.25 bits per heavy atom. The summed E-state index contributed by atoms with van der Waals surface area (Å²) in [5.74, 6) is -0.459. The van der Waals surface area contributed by atoms with Gasteiger partial charge in [-0.15, -0.1) is 0 Å². The third-order valence-electron chi connectivity index (χ3n) is 0.925. The molecule has 0 N–H and O–H groups in total. The van der Waals surface area contributed by atoms with Gasteiger partial charge in [0.05, 0.1) is 14.2 Å². The topological polar surface area (TPSA) is 58.4 Å². The van der Waals surface area contributed by atoms with Gasteiger partial charge in [-0.05, 0) is 0 Å². The van der Waals surface area contributed by atoms with Crippen molar-refractivity contribution in [2.24, 2.45) is 0 Å². The SMILES string of the molecule is C.C.COOC.[C-]#[N+]CC(=O)OC[SiH2]OC. The van der Waals surface area contributed by atoms with E-state index in [4.69, 9.17) is 11.0 Å². The van der Waals surface area contributed by atoms with Gasteiger partial charge in [-0.3, -0.25) is 0 Å². The van der Waals surface area contributed by atoms with Crippen LogP contribution in [0.3, 0.4) is 0 Å². The molecular weight excluding hydrogens is 230 g/mol. The summed E-state index contributed by atoms with van der Waals surface area (Å²) in [4.78, 5) is 21.4. The normalized spacial score (nSPS) is 7.88. The zero-order valence-corrected chi connectivity index (χ0v) is 10.0. The van der Waals surface area contributed by atoms with Gasteiger partial charge in [0.15, 0.2) is 0 Å². The lowest BCUT2D eigenvalue weighted by molar-refractivity contribution is -0.248. The highest BCUT2D eigenvalue weighted by Gasteiger charge is 2.03. The number of carbonyl (C=O) groups is 1. The molecule has 7 heteroatoms. The highest BCUT2D eigenvalue weighted by atomic mass is 28.2. The molecule has 0 amide bonds. The Kier molecular flexibility index (Phi) is 36.0. The third kappa shape index (κ3) is 29.2. The lowest BCUT2D eigenvalue weighted by Gasteiger charge is -1.97. The van der Waals surface area contributed by atoms with Gasteiger partial charge in [0.2, 0.25) is 9.76 Å². The van der Waals surface area contributed by atoms with Crippen LogP contribution in [0.4, 0.5) is 0 Å². The summed E-state index contributed by atoms with van der Waals surface area (Å²) in [7, 11) is 3.81. The molecular formula is C9H23NO5Si. The second-order valence-electron chi connectivity index (χ2n) is 1.86. The van der Waals surface area contributed by atoms with Crippen LogP contribution in [0.1, 0.15) is 14.9 Å². The molecule has 0 bridgehead atoms. The number of esters is 1. The van der Waals surface area contributed by atoms with Gasteiger partial charge >= 0.3 is 12.5 Å². The molecule has 0 aromatic carbocycles. The largest absolute Gasteiger partial charge is 0.462 e.